The molecule has 0 aromatic carbocycles. The smallest absolute Gasteiger partial charge is 0.109 e. The van der Waals surface area contributed by atoms with E-state index in [1.165, 1.54) is 16.4 Å². The van der Waals surface area contributed by atoms with Crippen molar-refractivity contribution in [3.8, 4) is 0 Å². The van der Waals surface area contributed by atoms with Gasteiger partial charge in [0.25, 0.3) is 0 Å². The Balaban J connectivity index is 2.13. The van der Waals surface area contributed by atoms with Gasteiger partial charge in [-0.05, 0) is 31.4 Å². The first-order chi connectivity index (χ1) is 6.42. The number of hydrogen-bond donors (Lipinski definition) is 1. The van der Waals surface area contributed by atoms with Crippen LogP contribution in [0.1, 0.15) is 29.5 Å². The molecule has 2 heterocycles. The Morgan fingerprint density at radius 2 is 2.62 bits per heavy atom. The lowest BCUT2D eigenvalue weighted by molar-refractivity contribution is 0.108. The molecule has 0 saturated carbocycles. The van der Waals surface area contributed by atoms with Gasteiger partial charge in [0.05, 0.1) is 4.88 Å². The Hall–Kier alpha value is -0.520. The van der Waals surface area contributed by atoms with E-state index >= 15 is 0 Å². The van der Waals surface area contributed by atoms with Gasteiger partial charge >= 0.3 is 0 Å². The zero-order valence-electron chi connectivity index (χ0n) is 7.62. The second-order valence-corrected chi connectivity index (χ2v) is 3.95. The molecule has 5 heteroatoms. The van der Waals surface area contributed by atoms with Gasteiger partial charge in [-0.15, -0.1) is 5.10 Å². The molecule has 1 aliphatic rings. The highest BCUT2D eigenvalue weighted by molar-refractivity contribution is 7.05. The van der Waals surface area contributed by atoms with Crippen LogP contribution < -0.4 is 5.32 Å². The summed E-state index contributed by atoms with van der Waals surface area (Å²) in [6.45, 7) is 1.70. The van der Waals surface area contributed by atoms with Gasteiger partial charge in [0, 0.05) is 13.2 Å². The number of ether oxygens (including phenoxy) is 1. The van der Waals surface area contributed by atoms with Crippen molar-refractivity contribution < 1.29 is 4.74 Å². The summed E-state index contributed by atoms with van der Waals surface area (Å²) in [7, 11) is 1.93. The molecule has 0 radical (unpaired) electrons. The normalized spacial score (nSPS) is 22.4. The Labute approximate surface area is 81.5 Å². The molecule has 0 bridgehead atoms. The summed E-state index contributed by atoms with van der Waals surface area (Å²) < 4.78 is 9.52. The van der Waals surface area contributed by atoms with E-state index in [1.807, 2.05) is 7.05 Å². The van der Waals surface area contributed by atoms with E-state index in [1.54, 1.807) is 0 Å². The molecule has 4 nitrogen and oxygen atoms in total. The first-order valence-electron chi connectivity index (χ1n) is 4.49. The van der Waals surface area contributed by atoms with E-state index in [-0.39, 0.29) is 6.10 Å². The molecule has 2 rings (SSSR count). The maximum Gasteiger partial charge on any atom is 0.109 e. The minimum absolute atomic E-state index is 0.196. The van der Waals surface area contributed by atoms with Crippen LogP contribution in [-0.4, -0.2) is 23.2 Å². The van der Waals surface area contributed by atoms with Crippen LogP contribution in [0.3, 0.4) is 0 Å². The molecule has 1 unspecified atom stereocenters. The largest absolute Gasteiger partial charge is 0.372 e. The maximum absolute atomic E-state index is 5.56. The Morgan fingerprint density at radius 3 is 3.31 bits per heavy atom. The molecule has 0 amide bonds. The second-order valence-electron chi connectivity index (χ2n) is 3.11. The van der Waals surface area contributed by atoms with E-state index in [2.05, 4.69) is 14.9 Å². The summed E-state index contributed by atoms with van der Waals surface area (Å²) in [6.07, 6.45) is 2.42. The molecular formula is C8H13N3OS. The summed E-state index contributed by atoms with van der Waals surface area (Å²) in [4.78, 5) is 1.20. The van der Waals surface area contributed by atoms with E-state index < -0.39 is 0 Å². The van der Waals surface area contributed by atoms with Crippen LogP contribution in [0.5, 0.6) is 0 Å². The van der Waals surface area contributed by atoms with Gasteiger partial charge in [-0.2, -0.15) is 0 Å². The molecular weight excluding hydrogens is 186 g/mol. The molecule has 13 heavy (non-hydrogen) atoms. The molecule has 1 aromatic heterocycles. The summed E-state index contributed by atoms with van der Waals surface area (Å²) >= 11 is 1.46. The van der Waals surface area contributed by atoms with E-state index in [4.69, 9.17) is 4.74 Å². The summed E-state index contributed by atoms with van der Waals surface area (Å²) in [6, 6.07) is 0. The van der Waals surface area contributed by atoms with Gasteiger partial charge in [0.1, 0.15) is 11.8 Å². The quantitative estimate of drug-likeness (QED) is 0.792. The van der Waals surface area contributed by atoms with Gasteiger partial charge in [-0.3, -0.25) is 0 Å². The number of hydrogen-bond acceptors (Lipinski definition) is 5. The van der Waals surface area contributed by atoms with Crippen molar-refractivity contribution in [3.63, 3.8) is 0 Å². The minimum atomic E-state index is 0.196. The fraction of sp³-hybridized carbons (Fsp3) is 0.750. The lowest BCUT2D eigenvalue weighted by Crippen LogP contribution is -2.08. The lowest BCUT2D eigenvalue weighted by atomic mass is 10.1. The zero-order chi connectivity index (χ0) is 9.10. The molecule has 1 aliphatic heterocycles. The van der Waals surface area contributed by atoms with Crippen LogP contribution in [0.4, 0.5) is 0 Å². The predicted molar refractivity (Wildman–Crippen MR) is 50.6 cm³/mol. The van der Waals surface area contributed by atoms with Crippen LogP contribution in [0.15, 0.2) is 0 Å². The fourth-order valence-electron chi connectivity index (χ4n) is 1.54. The van der Waals surface area contributed by atoms with E-state index in [0.717, 1.165) is 31.7 Å². The standard InChI is InChI=1S/C8H13N3OS/c1-9-5-7-8(10-11-13-7)6-3-2-4-12-6/h6,9H,2-5H2,1H3. The van der Waals surface area contributed by atoms with Crippen LogP contribution >= 0.6 is 11.5 Å². The van der Waals surface area contributed by atoms with Crippen LogP contribution in [0, 0.1) is 0 Å². The van der Waals surface area contributed by atoms with Crippen molar-refractivity contribution in [2.45, 2.75) is 25.5 Å². The third-order valence-corrected chi connectivity index (χ3v) is 2.89. The van der Waals surface area contributed by atoms with E-state index in [9.17, 15) is 0 Å². The molecule has 1 aromatic rings. The Kier molecular flexibility index (Phi) is 2.87. The molecule has 72 valence electrons. The first-order valence-corrected chi connectivity index (χ1v) is 5.26. The van der Waals surface area contributed by atoms with Crippen molar-refractivity contribution in [2.75, 3.05) is 13.7 Å². The lowest BCUT2D eigenvalue weighted by Gasteiger charge is -2.06. The average molecular weight is 199 g/mol. The number of rotatable bonds is 3. The van der Waals surface area contributed by atoms with Gasteiger partial charge in [0.15, 0.2) is 0 Å². The Bertz CT molecular complexity index is 270. The van der Waals surface area contributed by atoms with Crippen LogP contribution in [0.2, 0.25) is 0 Å². The average Bonchev–Trinajstić information content (AvgIpc) is 2.71. The maximum atomic E-state index is 5.56. The van der Waals surface area contributed by atoms with Crippen LogP contribution in [-0.2, 0) is 11.3 Å². The van der Waals surface area contributed by atoms with E-state index in [0.29, 0.717) is 0 Å². The van der Waals surface area contributed by atoms with Crippen molar-refractivity contribution in [2.24, 2.45) is 0 Å². The molecule has 1 fully saturated rings. The SMILES string of the molecule is CNCc1snnc1C1CCCO1. The Morgan fingerprint density at radius 1 is 1.69 bits per heavy atom. The van der Waals surface area contributed by atoms with Gasteiger partial charge in [0.2, 0.25) is 0 Å². The summed E-state index contributed by atoms with van der Waals surface area (Å²) in [5.41, 5.74) is 1.04. The fourth-order valence-corrected chi connectivity index (χ4v) is 2.24. The van der Waals surface area contributed by atoms with Crippen molar-refractivity contribution in [1.29, 1.82) is 0 Å². The molecule has 1 N–H and O–H groups in total. The second kappa shape index (κ2) is 4.13. The van der Waals surface area contributed by atoms with Crippen molar-refractivity contribution in [1.82, 2.24) is 14.9 Å². The van der Waals surface area contributed by atoms with Crippen molar-refractivity contribution in [3.05, 3.63) is 10.6 Å². The van der Waals surface area contributed by atoms with Gasteiger partial charge in [-0.1, -0.05) is 4.49 Å². The number of nitrogens with zero attached hydrogens (tertiary/aromatic N) is 2. The first kappa shape index (κ1) is 9.05. The van der Waals surface area contributed by atoms with Gasteiger partial charge < -0.3 is 10.1 Å². The summed E-state index contributed by atoms with van der Waals surface area (Å²) in [5, 5.41) is 7.23. The highest BCUT2D eigenvalue weighted by Gasteiger charge is 2.23. The third kappa shape index (κ3) is 1.87. The monoisotopic (exact) mass is 199 g/mol. The highest BCUT2D eigenvalue weighted by Crippen LogP contribution is 2.30. The number of aromatic nitrogens is 2. The predicted octanol–water partition coefficient (Wildman–Crippen LogP) is 1.11. The highest BCUT2D eigenvalue weighted by atomic mass is 32.1. The van der Waals surface area contributed by atoms with Gasteiger partial charge in [-0.25, -0.2) is 0 Å². The molecule has 1 saturated heterocycles. The topological polar surface area (TPSA) is 47.0 Å². The summed E-state index contributed by atoms with van der Waals surface area (Å²) in [5.74, 6) is 0. The van der Waals surface area contributed by atoms with Crippen molar-refractivity contribution >= 4 is 11.5 Å². The molecule has 0 aliphatic carbocycles. The zero-order valence-corrected chi connectivity index (χ0v) is 8.43. The number of nitrogens with one attached hydrogen (secondary N) is 1. The third-order valence-electron chi connectivity index (χ3n) is 2.16. The molecule has 0 spiro atoms. The minimum Gasteiger partial charge on any atom is -0.372 e. The van der Waals surface area contributed by atoms with Crippen LogP contribution in [0.25, 0.3) is 0 Å². The molecule has 1 atom stereocenters.